The first-order valence-corrected chi connectivity index (χ1v) is 11.1. The van der Waals surface area contributed by atoms with Gasteiger partial charge in [0.2, 0.25) is 5.91 Å². The number of carbonyl (C=O) groups is 2. The lowest BCUT2D eigenvalue weighted by Gasteiger charge is -2.32. The molecule has 1 saturated heterocycles. The molecule has 2 N–H and O–H groups in total. The molecule has 0 bridgehead atoms. The van der Waals surface area contributed by atoms with Gasteiger partial charge in [-0.15, -0.1) is 0 Å². The smallest absolute Gasteiger partial charge is 0.279 e. The lowest BCUT2D eigenvalue weighted by Crippen LogP contribution is -3.15. The van der Waals surface area contributed by atoms with E-state index in [9.17, 15) is 9.59 Å². The second-order valence-electron chi connectivity index (χ2n) is 8.39. The normalized spacial score (nSPS) is 14.4. The van der Waals surface area contributed by atoms with Crippen LogP contribution in [0.15, 0.2) is 42.5 Å². The molecule has 0 aliphatic carbocycles. The van der Waals surface area contributed by atoms with Crippen LogP contribution in [0.4, 0.5) is 5.69 Å². The number of ether oxygens (including phenoxy) is 1. The van der Waals surface area contributed by atoms with Crippen LogP contribution in [0.2, 0.25) is 0 Å². The molecule has 2 aromatic carbocycles. The SMILES string of the molecule is Cc1ccc(OCCCC(=O)N2CC[NH+](CC(=O)Nc3c(C)cccc3C)CC2)cc1. The van der Waals surface area contributed by atoms with E-state index in [0.29, 0.717) is 39.1 Å². The summed E-state index contributed by atoms with van der Waals surface area (Å²) in [6.45, 7) is 10.0. The Morgan fingerprint density at radius 1 is 1.00 bits per heavy atom. The number of para-hydroxylation sites is 1. The lowest BCUT2D eigenvalue weighted by molar-refractivity contribution is -0.895. The van der Waals surface area contributed by atoms with E-state index in [-0.39, 0.29) is 11.8 Å². The van der Waals surface area contributed by atoms with Gasteiger partial charge in [0.15, 0.2) is 6.54 Å². The summed E-state index contributed by atoms with van der Waals surface area (Å²) < 4.78 is 5.71. The summed E-state index contributed by atoms with van der Waals surface area (Å²) >= 11 is 0. The third kappa shape index (κ3) is 6.82. The standard InChI is InChI=1S/C25H33N3O3/c1-19-9-11-22(12-10-19)31-17-5-8-24(30)28-15-13-27(14-16-28)18-23(29)26-25-20(2)6-4-7-21(25)3/h4,6-7,9-12H,5,8,13-18H2,1-3H3,(H,26,29)/p+1. The number of anilines is 1. The van der Waals surface area contributed by atoms with Gasteiger partial charge in [-0.25, -0.2) is 0 Å². The van der Waals surface area contributed by atoms with Gasteiger partial charge in [-0.3, -0.25) is 9.59 Å². The van der Waals surface area contributed by atoms with Crippen LogP contribution >= 0.6 is 0 Å². The highest BCUT2D eigenvalue weighted by Gasteiger charge is 2.25. The Balaban J connectivity index is 1.34. The minimum Gasteiger partial charge on any atom is -0.494 e. The monoisotopic (exact) mass is 424 g/mol. The Morgan fingerprint density at radius 2 is 1.65 bits per heavy atom. The molecular formula is C25H34N3O3+. The van der Waals surface area contributed by atoms with E-state index in [0.717, 1.165) is 35.7 Å². The molecule has 6 heteroatoms. The third-order valence-electron chi connectivity index (χ3n) is 5.80. The molecule has 0 saturated carbocycles. The van der Waals surface area contributed by atoms with Crippen molar-refractivity contribution in [2.45, 2.75) is 33.6 Å². The highest BCUT2D eigenvalue weighted by Crippen LogP contribution is 2.19. The summed E-state index contributed by atoms with van der Waals surface area (Å²) in [4.78, 5) is 28.1. The maximum Gasteiger partial charge on any atom is 0.279 e. The molecule has 6 nitrogen and oxygen atoms in total. The molecule has 3 rings (SSSR count). The fraction of sp³-hybridized carbons (Fsp3) is 0.440. The number of quaternary nitrogens is 1. The van der Waals surface area contributed by atoms with Gasteiger partial charge in [0.05, 0.1) is 32.8 Å². The maximum atomic E-state index is 12.5. The number of rotatable bonds is 8. The van der Waals surface area contributed by atoms with Crippen molar-refractivity contribution >= 4 is 17.5 Å². The Bertz CT molecular complexity index is 867. The number of nitrogens with one attached hydrogen (secondary N) is 2. The molecule has 2 amide bonds. The predicted octanol–water partition coefficient (Wildman–Crippen LogP) is 2.14. The zero-order chi connectivity index (χ0) is 22.2. The number of amides is 2. The van der Waals surface area contributed by atoms with Crippen molar-refractivity contribution in [3.05, 3.63) is 59.2 Å². The maximum absolute atomic E-state index is 12.5. The van der Waals surface area contributed by atoms with Gasteiger partial charge in [0, 0.05) is 12.1 Å². The van der Waals surface area contributed by atoms with Crippen molar-refractivity contribution in [1.82, 2.24) is 4.90 Å². The van der Waals surface area contributed by atoms with Crippen LogP contribution < -0.4 is 15.0 Å². The predicted molar refractivity (Wildman–Crippen MR) is 123 cm³/mol. The van der Waals surface area contributed by atoms with Crippen LogP contribution in [-0.2, 0) is 9.59 Å². The number of piperazine rings is 1. The second kappa shape index (κ2) is 11.0. The highest BCUT2D eigenvalue weighted by molar-refractivity contribution is 5.93. The van der Waals surface area contributed by atoms with Crippen LogP contribution in [0.25, 0.3) is 0 Å². The Kier molecular flexibility index (Phi) is 8.06. The van der Waals surface area contributed by atoms with E-state index < -0.39 is 0 Å². The molecule has 0 unspecified atom stereocenters. The van der Waals surface area contributed by atoms with E-state index in [1.54, 1.807) is 0 Å². The van der Waals surface area contributed by atoms with E-state index in [1.807, 2.05) is 68.1 Å². The third-order valence-corrected chi connectivity index (χ3v) is 5.80. The number of aryl methyl sites for hydroxylation is 3. The van der Waals surface area contributed by atoms with E-state index >= 15 is 0 Å². The Labute approximate surface area is 185 Å². The second-order valence-corrected chi connectivity index (χ2v) is 8.39. The number of hydrogen-bond donors (Lipinski definition) is 2. The van der Waals surface area contributed by atoms with Crippen molar-refractivity contribution < 1.29 is 19.2 Å². The largest absolute Gasteiger partial charge is 0.494 e. The first-order valence-electron chi connectivity index (χ1n) is 11.1. The van der Waals surface area contributed by atoms with Gasteiger partial charge >= 0.3 is 0 Å². The molecule has 0 radical (unpaired) electrons. The summed E-state index contributed by atoms with van der Waals surface area (Å²) in [5.41, 5.74) is 4.26. The Hall–Kier alpha value is -2.86. The first-order chi connectivity index (χ1) is 14.9. The number of carbonyl (C=O) groups excluding carboxylic acids is 2. The van der Waals surface area contributed by atoms with Crippen LogP contribution in [0.5, 0.6) is 5.75 Å². The molecule has 0 aromatic heterocycles. The van der Waals surface area contributed by atoms with Crippen molar-refractivity contribution in [3.63, 3.8) is 0 Å². The quantitative estimate of drug-likeness (QED) is 0.639. The lowest BCUT2D eigenvalue weighted by atomic mass is 10.1. The van der Waals surface area contributed by atoms with E-state index in [2.05, 4.69) is 5.32 Å². The number of benzene rings is 2. The van der Waals surface area contributed by atoms with Gasteiger partial charge in [0.1, 0.15) is 5.75 Å². The van der Waals surface area contributed by atoms with Crippen LogP contribution in [-0.4, -0.2) is 56.0 Å². The van der Waals surface area contributed by atoms with Crippen molar-refractivity contribution in [1.29, 1.82) is 0 Å². The molecule has 0 spiro atoms. The molecule has 0 atom stereocenters. The average Bonchev–Trinajstić information content (AvgIpc) is 2.75. The van der Waals surface area contributed by atoms with Crippen molar-refractivity contribution in [2.24, 2.45) is 0 Å². The molecule has 31 heavy (non-hydrogen) atoms. The summed E-state index contributed by atoms with van der Waals surface area (Å²) in [6.07, 6.45) is 1.20. The minimum atomic E-state index is 0.0282. The number of nitrogens with zero attached hydrogens (tertiary/aromatic N) is 1. The molecule has 1 fully saturated rings. The first kappa shape index (κ1) is 22.8. The highest BCUT2D eigenvalue weighted by atomic mass is 16.5. The molecule has 1 aliphatic rings. The van der Waals surface area contributed by atoms with Crippen molar-refractivity contribution in [2.75, 3.05) is 44.6 Å². The molecule has 2 aromatic rings. The summed E-state index contributed by atoms with van der Waals surface area (Å²) in [7, 11) is 0. The van der Waals surface area contributed by atoms with Crippen LogP contribution in [0.1, 0.15) is 29.5 Å². The minimum absolute atomic E-state index is 0.0282. The van der Waals surface area contributed by atoms with Gasteiger partial charge in [0.25, 0.3) is 5.91 Å². The zero-order valence-electron chi connectivity index (χ0n) is 18.9. The summed E-state index contributed by atoms with van der Waals surface area (Å²) in [6, 6.07) is 14.0. The average molecular weight is 425 g/mol. The van der Waals surface area contributed by atoms with E-state index in [4.69, 9.17) is 4.74 Å². The van der Waals surface area contributed by atoms with Gasteiger partial charge in [-0.05, 0) is 50.5 Å². The molecule has 166 valence electrons. The van der Waals surface area contributed by atoms with E-state index in [1.165, 1.54) is 10.5 Å². The summed E-state index contributed by atoms with van der Waals surface area (Å²) in [5.74, 6) is 1.04. The van der Waals surface area contributed by atoms with Gasteiger partial charge < -0.3 is 19.9 Å². The van der Waals surface area contributed by atoms with Gasteiger partial charge in [-0.1, -0.05) is 35.9 Å². The van der Waals surface area contributed by atoms with Crippen molar-refractivity contribution in [3.8, 4) is 5.75 Å². The topological polar surface area (TPSA) is 63.1 Å². The van der Waals surface area contributed by atoms with Crippen LogP contribution in [0, 0.1) is 20.8 Å². The number of hydrogen-bond acceptors (Lipinski definition) is 3. The fourth-order valence-electron chi connectivity index (χ4n) is 3.88. The summed E-state index contributed by atoms with van der Waals surface area (Å²) in [5, 5.41) is 3.06. The van der Waals surface area contributed by atoms with Crippen LogP contribution in [0.3, 0.4) is 0 Å². The molecule has 1 aliphatic heterocycles. The zero-order valence-corrected chi connectivity index (χ0v) is 18.9. The fourth-order valence-corrected chi connectivity index (χ4v) is 3.88. The van der Waals surface area contributed by atoms with Gasteiger partial charge in [-0.2, -0.15) is 0 Å². The molecular weight excluding hydrogens is 390 g/mol. The Morgan fingerprint density at radius 3 is 2.29 bits per heavy atom. The molecule has 1 heterocycles.